The van der Waals surface area contributed by atoms with E-state index < -0.39 is 0 Å². The molecular formula is C19H21N3O2. The van der Waals surface area contributed by atoms with Gasteiger partial charge in [0.25, 0.3) is 0 Å². The minimum atomic E-state index is 0.0993. The third kappa shape index (κ3) is 3.42. The zero-order valence-corrected chi connectivity index (χ0v) is 13.5. The van der Waals surface area contributed by atoms with E-state index in [0.29, 0.717) is 6.61 Å². The van der Waals surface area contributed by atoms with Crippen molar-refractivity contribution >= 4 is 11.0 Å². The fourth-order valence-electron chi connectivity index (χ4n) is 3.12. The van der Waals surface area contributed by atoms with Gasteiger partial charge < -0.3 is 14.5 Å². The van der Waals surface area contributed by atoms with Gasteiger partial charge in [-0.25, -0.2) is 4.98 Å². The van der Waals surface area contributed by atoms with Crippen LogP contribution in [0, 0.1) is 0 Å². The summed E-state index contributed by atoms with van der Waals surface area (Å²) in [5.74, 6) is 0.890. The molecule has 1 aliphatic heterocycles. The Labute approximate surface area is 141 Å². The number of nitrogens with zero attached hydrogens (tertiary/aromatic N) is 2. The SMILES string of the molecule is c1ccc(OCC2CN(Cc3c[nH]c4ncccc34)CCO2)cc1. The van der Waals surface area contributed by atoms with Crippen molar-refractivity contribution in [3.05, 3.63) is 60.4 Å². The molecule has 0 amide bonds. The maximum atomic E-state index is 5.85. The smallest absolute Gasteiger partial charge is 0.137 e. The normalized spacial score (nSPS) is 18.8. The third-order valence-electron chi connectivity index (χ3n) is 4.33. The molecule has 0 radical (unpaired) electrons. The van der Waals surface area contributed by atoms with Crippen LogP contribution in [-0.4, -0.2) is 47.3 Å². The molecule has 0 saturated carbocycles. The van der Waals surface area contributed by atoms with Crippen molar-refractivity contribution in [1.82, 2.24) is 14.9 Å². The Morgan fingerprint density at radius 3 is 3.04 bits per heavy atom. The highest BCUT2D eigenvalue weighted by atomic mass is 16.5. The second kappa shape index (κ2) is 7.03. The van der Waals surface area contributed by atoms with E-state index >= 15 is 0 Å². The van der Waals surface area contributed by atoms with Gasteiger partial charge in [0.05, 0.1) is 6.61 Å². The second-order valence-electron chi connectivity index (χ2n) is 6.07. The number of pyridine rings is 1. The van der Waals surface area contributed by atoms with Crippen LogP contribution in [-0.2, 0) is 11.3 Å². The largest absolute Gasteiger partial charge is 0.491 e. The van der Waals surface area contributed by atoms with Gasteiger partial charge in [-0.3, -0.25) is 4.90 Å². The Morgan fingerprint density at radius 1 is 1.21 bits per heavy atom. The highest BCUT2D eigenvalue weighted by molar-refractivity contribution is 5.79. The lowest BCUT2D eigenvalue weighted by Crippen LogP contribution is -2.44. The highest BCUT2D eigenvalue weighted by Gasteiger charge is 2.22. The van der Waals surface area contributed by atoms with E-state index in [4.69, 9.17) is 9.47 Å². The molecule has 1 aromatic carbocycles. The fraction of sp³-hybridized carbons (Fsp3) is 0.316. The van der Waals surface area contributed by atoms with E-state index in [9.17, 15) is 0 Å². The van der Waals surface area contributed by atoms with Crippen LogP contribution < -0.4 is 4.74 Å². The predicted octanol–water partition coefficient (Wildman–Crippen LogP) is 2.84. The molecule has 2 aromatic heterocycles. The third-order valence-corrected chi connectivity index (χ3v) is 4.33. The molecule has 3 aromatic rings. The quantitative estimate of drug-likeness (QED) is 0.784. The summed E-state index contributed by atoms with van der Waals surface area (Å²) in [5.41, 5.74) is 2.23. The summed E-state index contributed by atoms with van der Waals surface area (Å²) in [7, 11) is 0. The van der Waals surface area contributed by atoms with Crippen molar-refractivity contribution in [2.75, 3.05) is 26.3 Å². The zero-order valence-electron chi connectivity index (χ0n) is 13.5. The first kappa shape index (κ1) is 15.2. The number of H-pyrrole nitrogens is 1. The van der Waals surface area contributed by atoms with Crippen molar-refractivity contribution in [3.63, 3.8) is 0 Å². The number of aromatic amines is 1. The van der Waals surface area contributed by atoms with Gasteiger partial charge in [-0.05, 0) is 29.8 Å². The van der Waals surface area contributed by atoms with Gasteiger partial charge in [0, 0.05) is 37.4 Å². The molecule has 0 spiro atoms. The number of ether oxygens (including phenoxy) is 2. The summed E-state index contributed by atoms with van der Waals surface area (Å²) < 4.78 is 11.7. The first-order valence-corrected chi connectivity index (χ1v) is 8.31. The van der Waals surface area contributed by atoms with Crippen LogP contribution in [0.25, 0.3) is 11.0 Å². The number of hydrogen-bond acceptors (Lipinski definition) is 4. The monoisotopic (exact) mass is 323 g/mol. The maximum absolute atomic E-state index is 5.85. The summed E-state index contributed by atoms with van der Waals surface area (Å²) in [6, 6.07) is 14.0. The standard InChI is InChI=1S/C19H21N3O2/c1-2-5-16(6-3-1)24-14-17-13-22(9-10-23-17)12-15-11-21-19-18(15)7-4-8-20-19/h1-8,11,17H,9-10,12-14H2,(H,20,21). The molecule has 3 heterocycles. The van der Waals surface area contributed by atoms with Crippen molar-refractivity contribution in [1.29, 1.82) is 0 Å². The van der Waals surface area contributed by atoms with Crippen molar-refractivity contribution in [2.24, 2.45) is 0 Å². The fourth-order valence-corrected chi connectivity index (χ4v) is 3.12. The summed E-state index contributed by atoms with van der Waals surface area (Å²) in [6.07, 6.45) is 3.97. The molecule has 124 valence electrons. The van der Waals surface area contributed by atoms with Crippen LogP contribution in [0.2, 0.25) is 0 Å². The number of fused-ring (bicyclic) bond motifs is 1. The first-order chi connectivity index (χ1) is 11.9. The molecular weight excluding hydrogens is 302 g/mol. The van der Waals surface area contributed by atoms with Gasteiger partial charge in [-0.1, -0.05) is 18.2 Å². The van der Waals surface area contributed by atoms with Crippen LogP contribution in [0.3, 0.4) is 0 Å². The molecule has 1 unspecified atom stereocenters. The average Bonchev–Trinajstić information content (AvgIpc) is 3.04. The number of nitrogens with one attached hydrogen (secondary N) is 1. The number of para-hydroxylation sites is 1. The molecule has 1 aliphatic rings. The van der Waals surface area contributed by atoms with E-state index in [1.54, 1.807) is 0 Å². The Bertz CT molecular complexity index is 787. The maximum Gasteiger partial charge on any atom is 0.137 e. The first-order valence-electron chi connectivity index (χ1n) is 8.31. The van der Waals surface area contributed by atoms with Crippen LogP contribution in [0.4, 0.5) is 0 Å². The van der Waals surface area contributed by atoms with Crippen LogP contribution in [0.1, 0.15) is 5.56 Å². The number of rotatable bonds is 5. The van der Waals surface area contributed by atoms with Crippen LogP contribution in [0.15, 0.2) is 54.9 Å². The van der Waals surface area contributed by atoms with Gasteiger partial charge in [-0.2, -0.15) is 0 Å². The van der Waals surface area contributed by atoms with Gasteiger partial charge in [0.2, 0.25) is 0 Å². The minimum absolute atomic E-state index is 0.0993. The molecule has 1 N–H and O–H groups in total. The van der Waals surface area contributed by atoms with E-state index in [2.05, 4.69) is 27.1 Å². The molecule has 24 heavy (non-hydrogen) atoms. The van der Waals surface area contributed by atoms with Crippen LogP contribution >= 0.6 is 0 Å². The van der Waals surface area contributed by atoms with Crippen LogP contribution in [0.5, 0.6) is 5.75 Å². The lowest BCUT2D eigenvalue weighted by molar-refractivity contribution is -0.0503. The summed E-state index contributed by atoms with van der Waals surface area (Å²) in [6.45, 7) is 4.03. The van der Waals surface area contributed by atoms with Crippen molar-refractivity contribution in [2.45, 2.75) is 12.6 Å². The number of aromatic nitrogens is 2. The Balaban J connectivity index is 1.36. The minimum Gasteiger partial charge on any atom is -0.491 e. The Morgan fingerprint density at radius 2 is 2.12 bits per heavy atom. The number of hydrogen-bond donors (Lipinski definition) is 1. The van der Waals surface area contributed by atoms with Gasteiger partial charge in [-0.15, -0.1) is 0 Å². The predicted molar refractivity (Wildman–Crippen MR) is 93.0 cm³/mol. The molecule has 1 saturated heterocycles. The summed E-state index contributed by atoms with van der Waals surface area (Å²) >= 11 is 0. The van der Waals surface area contributed by atoms with Gasteiger partial charge in [0.15, 0.2) is 0 Å². The van der Waals surface area contributed by atoms with Gasteiger partial charge in [0.1, 0.15) is 24.1 Å². The van der Waals surface area contributed by atoms with Crippen molar-refractivity contribution < 1.29 is 9.47 Å². The Hall–Kier alpha value is -2.37. The molecule has 4 rings (SSSR count). The molecule has 1 atom stereocenters. The number of benzene rings is 1. The summed E-state index contributed by atoms with van der Waals surface area (Å²) in [5, 5.41) is 1.20. The summed E-state index contributed by atoms with van der Waals surface area (Å²) in [4.78, 5) is 10.0. The van der Waals surface area contributed by atoms with Gasteiger partial charge >= 0.3 is 0 Å². The Kier molecular flexibility index (Phi) is 4.44. The van der Waals surface area contributed by atoms with E-state index in [-0.39, 0.29) is 6.10 Å². The molecule has 0 bridgehead atoms. The average molecular weight is 323 g/mol. The van der Waals surface area contributed by atoms with E-state index in [0.717, 1.165) is 37.6 Å². The van der Waals surface area contributed by atoms with Crippen molar-refractivity contribution in [3.8, 4) is 5.75 Å². The number of morpholine rings is 1. The zero-order chi connectivity index (χ0) is 16.2. The molecule has 0 aliphatic carbocycles. The van der Waals surface area contributed by atoms with E-state index in [1.807, 2.05) is 42.6 Å². The highest BCUT2D eigenvalue weighted by Crippen LogP contribution is 2.19. The molecule has 5 heteroatoms. The molecule has 1 fully saturated rings. The molecule has 5 nitrogen and oxygen atoms in total. The van der Waals surface area contributed by atoms with E-state index in [1.165, 1.54) is 10.9 Å². The lowest BCUT2D eigenvalue weighted by atomic mass is 10.2. The lowest BCUT2D eigenvalue weighted by Gasteiger charge is -2.32. The second-order valence-corrected chi connectivity index (χ2v) is 6.07. The topological polar surface area (TPSA) is 50.4 Å².